The zero-order chi connectivity index (χ0) is 17.4. The van der Waals surface area contributed by atoms with Gasteiger partial charge in [0.15, 0.2) is 18.0 Å². The van der Waals surface area contributed by atoms with Crippen LogP contribution in [-0.2, 0) is 9.53 Å². The van der Waals surface area contributed by atoms with E-state index in [2.05, 4.69) is 20.3 Å². The Morgan fingerprint density at radius 3 is 2.79 bits per heavy atom. The number of aliphatic hydroxyl groups excluding tert-OH is 2. The summed E-state index contributed by atoms with van der Waals surface area (Å²) in [6.07, 6.45) is -2.53. The lowest BCUT2D eigenvalue weighted by Crippen LogP contribution is -2.42. The predicted octanol–water partition coefficient (Wildman–Crippen LogP) is -2.32. The fraction of sp³-hybridized carbons (Fsp3) is 0.462. The first-order chi connectivity index (χ1) is 11.4. The van der Waals surface area contributed by atoms with Crippen LogP contribution in [0.1, 0.15) is 23.8 Å². The number of aliphatic hydroxyl groups is 2. The van der Waals surface area contributed by atoms with E-state index in [4.69, 9.17) is 10.5 Å². The van der Waals surface area contributed by atoms with Crippen molar-refractivity contribution in [2.45, 2.75) is 31.5 Å². The van der Waals surface area contributed by atoms with E-state index in [1.165, 1.54) is 17.1 Å². The molecule has 0 unspecified atom stereocenters. The Morgan fingerprint density at radius 1 is 1.38 bits per heavy atom. The van der Waals surface area contributed by atoms with E-state index in [-0.39, 0.29) is 11.5 Å². The van der Waals surface area contributed by atoms with Gasteiger partial charge in [0.2, 0.25) is 5.82 Å². The second-order valence-electron chi connectivity index (χ2n) is 5.24. The van der Waals surface area contributed by atoms with Crippen LogP contribution in [-0.4, -0.2) is 66.4 Å². The monoisotopic (exact) mass is 336 g/mol. The van der Waals surface area contributed by atoms with Crippen LogP contribution in [0.15, 0.2) is 12.5 Å². The van der Waals surface area contributed by atoms with Crippen molar-refractivity contribution in [3.8, 4) is 0 Å². The Labute approximate surface area is 135 Å². The minimum atomic E-state index is -1.42. The molecule has 11 heteroatoms. The average molecular weight is 336 g/mol. The van der Waals surface area contributed by atoms with Crippen molar-refractivity contribution in [3.63, 3.8) is 0 Å². The van der Waals surface area contributed by atoms with Gasteiger partial charge in [-0.2, -0.15) is 0 Å². The molecule has 3 rings (SSSR count). The number of nitrogens with zero attached hydrogens (tertiary/aromatic N) is 4. The smallest absolute Gasteiger partial charge is 0.286 e. The minimum Gasteiger partial charge on any atom is -0.387 e. The van der Waals surface area contributed by atoms with Gasteiger partial charge in [-0.15, -0.1) is 0 Å². The second-order valence-corrected chi connectivity index (χ2v) is 5.24. The third kappa shape index (κ3) is 2.58. The van der Waals surface area contributed by atoms with Crippen molar-refractivity contribution < 1.29 is 24.5 Å². The second kappa shape index (κ2) is 6.11. The summed E-state index contributed by atoms with van der Waals surface area (Å²) in [5.41, 5.74) is 5.68. The SMILES string of the molecule is CCNC(=O)[C@H]1O[C@@H](n2cnc3cnc(C(N)=O)nc32)[C@@H](O)[C@@H]1O. The number of rotatable bonds is 4. The standard InChI is InChI=1S/C13H16N6O5/c1-2-15-12(23)8-6(20)7(21)13(24-8)19-4-17-5-3-16-10(9(14)22)18-11(5)19/h3-4,6-8,13,20-21H,2H2,1H3,(H2,14,22)(H,15,23)/t6-,7-,8-,13+/m0/s1. The topological polar surface area (TPSA) is 165 Å². The molecule has 2 aromatic heterocycles. The average Bonchev–Trinajstić information content (AvgIpc) is 3.09. The van der Waals surface area contributed by atoms with Crippen LogP contribution in [0.4, 0.5) is 0 Å². The summed E-state index contributed by atoms with van der Waals surface area (Å²) < 4.78 is 6.80. The molecule has 4 atom stereocenters. The van der Waals surface area contributed by atoms with Crippen molar-refractivity contribution in [1.82, 2.24) is 24.8 Å². The molecule has 3 heterocycles. The molecule has 0 radical (unpaired) electrons. The highest BCUT2D eigenvalue weighted by molar-refractivity contribution is 5.90. The molecule has 128 valence electrons. The summed E-state index contributed by atoms with van der Waals surface area (Å²) in [5.74, 6) is -1.58. The first kappa shape index (κ1) is 16.2. The number of nitrogens with two attached hydrogens (primary N) is 1. The van der Waals surface area contributed by atoms with Gasteiger partial charge < -0.3 is 26.0 Å². The highest BCUT2D eigenvalue weighted by Gasteiger charge is 2.47. The van der Waals surface area contributed by atoms with E-state index >= 15 is 0 Å². The number of amides is 2. The van der Waals surface area contributed by atoms with Gasteiger partial charge in [0.25, 0.3) is 11.8 Å². The molecule has 0 saturated carbocycles. The van der Waals surface area contributed by atoms with E-state index in [0.29, 0.717) is 12.1 Å². The molecule has 1 saturated heterocycles. The molecule has 5 N–H and O–H groups in total. The molecule has 11 nitrogen and oxygen atoms in total. The van der Waals surface area contributed by atoms with Gasteiger partial charge >= 0.3 is 0 Å². The third-order valence-corrected chi connectivity index (χ3v) is 3.66. The molecule has 24 heavy (non-hydrogen) atoms. The molecule has 2 aromatic rings. The molecule has 0 aromatic carbocycles. The van der Waals surface area contributed by atoms with Crippen LogP contribution in [0.3, 0.4) is 0 Å². The molecule has 2 amide bonds. The molecule has 0 spiro atoms. The number of likely N-dealkylation sites (N-methyl/N-ethyl adjacent to an activating group) is 1. The van der Waals surface area contributed by atoms with Gasteiger partial charge in [-0.3, -0.25) is 14.2 Å². The number of ether oxygens (including phenoxy) is 1. The van der Waals surface area contributed by atoms with Crippen LogP contribution >= 0.6 is 0 Å². The van der Waals surface area contributed by atoms with Crippen molar-refractivity contribution in [2.24, 2.45) is 5.73 Å². The zero-order valence-corrected chi connectivity index (χ0v) is 12.7. The summed E-state index contributed by atoms with van der Waals surface area (Å²) in [6.45, 7) is 2.08. The van der Waals surface area contributed by atoms with Gasteiger partial charge in [0, 0.05) is 6.54 Å². The Morgan fingerprint density at radius 2 is 2.12 bits per heavy atom. The lowest BCUT2D eigenvalue weighted by atomic mass is 10.1. The summed E-state index contributed by atoms with van der Waals surface area (Å²) in [4.78, 5) is 34.9. The number of carbonyl (C=O) groups is 2. The lowest BCUT2D eigenvalue weighted by Gasteiger charge is -2.16. The van der Waals surface area contributed by atoms with Crippen LogP contribution in [0.5, 0.6) is 0 Å². The number of carbonyl (C=O) groups excluding carboxylic acids is 2. The lowest BCUT2D eigenvalue weighted by molar-refractivity contribution is -0.137. The number of fused-ring (bicyclic) bond motifs is 1. The molecular weight excluding hydrogens is 320 g/mol. The Kier molecular flexibility index (Phi) is 4.13. The highest BCUT2D eigenvalue weighted by Crippen LogP contribution is 2.31. The van der Waals surface area contributed by atoms with Crippen molar-refractivity contribution in [1.29, 1.82) is 0 Å². The molecule has 1 aliphatic heterocycles. The number of nitrogens with one attached hydrogen (secondary N) is 1. The quantitative estimate of drug-likeness (QED) is 0.483. The fourth-order valence-corrected chi connectivity index (χ4v) is 2.51. The maximum Gasteiger partial charge on any atom is 0.286 e. The van der Waals surface area contributed by atoms with E-state index < -0.39 is 36.4 Å². The third-order valence-electron chi connectivity index (χ3n) is 3.66. The molecular formula is C13H16N6O5. The van der Waals surface area contributed by atoms with Gasteiger partial charge in [-0.25, -0.2) is 15.0 Å². The van der Waals surface area contributed by atoms with E-state index in [0.717, 1.165) is 0 Å². The molecule has 0 bridgehead atoms. The predicted molar refractivity (Wildman–Crippen MR) is 78.4 cm³/mol. The summed E-state index contributed by atoms with van der Waals surface area (Å²) in [7, 11) is 0. The molecule has 0 aliphatic carbocycles. The van der Waals surface area contributed by atoms with Crippen LogP contribution in [0.25, 0.3) is 11.2 Å². The minimum absolute atomic E-state index is 0.187. The first-order valence-corrected chi connectivity index (χ1v) is 7.22. The van der Waals surface area contributed by atoms with Gasteiger partial charge in [0.1, 0.15) is 17.7 Å². The number of aromatic nitrogens is 4. The number of hydrogen-bond acceptors (Lipinski definition) is 8. The first-order valence-electron chi connectivity index (χ1n) is 7.22. The number of hydrogen-bond donors (Lipinski definition) is 4. The maximum absolute atomic E-state index is 11.9. The largest absolute Gasteiger partial charge is 0.387 e. The van der Waals surface area contributed by atoms with E-state index in [1.807, 2.05) is 0 Å². The summed E-state index contributed by atoms with van der Waals surface area (Å²) in [6, 6.07) is 0. The van der Waals surface area contributed by atoms with Crippen LogP contribution in [0, 0.1) is 0 Å². The van der Waals surface area contributed by atoms with Gasteiger partial charge in [-0.1, -0.05) is 0 Å². The van der Waals surface area contributed by atoms with Crippen molar-refractivity contribution in [2.75, 3.05) is 6.54 Å². The Hall–Kier alpha value is -2.63. The Bertz CT molecular complexity index is 792. The zero-order valence-electron chi connectivity index (χ0n) is 12.7. The fourth-order valence-electron chi connectivity index (χ4n) is 2.51. The Balaban J connectivity index is 1.96. The number of imidazole rings is 1. The van der Waals surface area contributed by atoms with Gasteiger partial charge in [0.05, 0.1) is 12.5 Å². The maximum atomic E-state index is 11.9. The van der Waals surface area contributed by atoms with Crippen LogP contribution < -0.4 is 11.1 Å². The van der Waals surface area contributed by atoms with Crippen LogP contribution in [0.2, 0.25) is 0 Å². The van der Waals surface area contributed by atoms with E-state index in [1.54, 1.807) is 6.92 Å². The van der Waals surface area contributed by atoms with Crippen molar-refractivity contribution >= 4 is 23.0 Å². The summed E-state index contributed by atoms with van der Waals surface area (Å²) in [5, 5.41) is 22.8. The molecule has 1 fully saturated rings. The molecule has 1 aliphatic rings. The normalized spacial score (nSPS) is 26.6. The number of primary amides is 1. The van der Waals surface area contributed by atoms with Gasteiger partial charge in [-0.05, 0) is 6.92 Å². The highest BCUT2D eigenvalue weighted by atomic mass is 16.6. The summed E-state index contributed by atoms with van der Waals surface area (Å²) >= 11 is 0. The van der Waals surface area contributed by atoms with E-state index in [9.17, 15) is 19.8 Å². The van der Waals surface area contributed by atoms with Crippen molar-refractivity contribution in [3.05, 3.63) is 18.3 Å².